The zero-order valence-corrected chi connectivity index (χ0v) is 6.53. The van der Waals surface area contributed by atoms with Crippen molar-refractivity contribution in [3.05, 3.63) is 49.3 Å². The number of furan rings is 1. The summed E-state index contributed by atoms with van der Waals surface area (Å²) in [5.74, 6) is 0.827. The molecule has 2 heterocycles. The number of nitrogens with zero attached hydrogens (tertiary/aromatic N) is 1. The lowest BCUT2D eigenvalue weighted by molar-refractivity contribution is 0.582. The molecule has 2 heteroatoms. The molecule has 2 aromatic rings. The Balaban J connectivity index is 2.48. The van der Waals surface area contributed by atoms with Crippen molar-refractivity contribution in [3.63, 3.8) is 0 Å². The molecule has 0 fully saturated rings. The molecule has 0 bridgehead atoms. The van der Waals surface area contributed by atoms with Gasteiger partial charge in [-0.3, -0.25) is 4.98 Å². The highest BCUT2D eigenvalue weighted by atomic mass is 16.3. The molecule has 0 aromatic carbocycles. The van der Waals surface area contributed by atoms with Crippen LogP contribution >= 0.6 is 0 Å². The Morgan fingerprint density at radius 2 is 2.25 bits per heavy atom. The predicted octanol–water partition coefficient (Wildman–Crippen LogP) is 2.52. The Kier molecular flexibility index (Phi) is 1.67. The second kappa shape index (κ2) is 2.81. The molecular formula is C10H8NO. The van der Waals surface area contributed by atoms with Crippen LogP contribution in [-0.4, -0.2) is 4.98 Å². The largest absolute Gasteiger partial charge is 0.464 e. The van der Waals surface area contributed by atoms with Gasteiger partial charge < -0.3 is 4.42 Å². The van der Waals surface area contributed by atoms with Crippen LogP contribution in [0, 0.1) is 6.92 Å². The molecule has 0 aliphatic carbocycles. The molecule has 2 rings (SSSR count). The van der Waals surface area contributed by atoms with Crippen LogP contribution < -0.4 is 0 Å². The molecule has 0 aliphatic heterocycles. The minimum atomic E-state index is 0.827. The number of hydrogen-bond donors (Lipinski definition) is 0. The summed E-state index contributed by atoms with van der Waals surface area (Å²) in [6.45, 7) is 3.79. The van der Waals surface area contributed by atoms with Crippen molar-refractivity contribution in [3.8, 4) is 11.3 Å². The van der Waals surface area contributed by atoms with Gasteiger partial charge in [-0.2, -0.15) is 0 Å². The van der Waals surface area contributed by atoms with Crippen molar-refractivity contribution in [1.82, 2.24) is 4.98 Å². The molecule has 0 N–H and O–H groups in total. The van der Waals surface area contributed by atoms with Gasteiger partial charge in [0.05, 0.1) is 6.26 Å². The fraction of sp³-hybridized carbons (Fsp3) is 0. The van der Waals surface area contributed by atoms with Gasteiger partial charge in [0.2, 0.25) is 0 Å². The Morgan fingerprint density at radius 3 is 2.92 bits per heavy atom. The average Bonchev–Trinajstić information content (AvgIpc) is 2.56. The summed E-state index contributed by atoms with van der Waals surface area (Å²) < 4.78 is 5.21. The van der Waals surface area contributed by atoms with E-state index in [-0.39, 0.29) is 0 Å². The molecule has 12 heavy (non-hydrogen) atoms. The topological polar surface area (TPSA) is 26.0 Å². The molecule has 2 nitrogen and oxygen atoms in total. The van der Waals surface area contributed by atoms with Gasteiger partial charge >= 0.3 is 0 Å². The third-order valence-electron chi connectivity index (χ3n) is 1.60. The standard InChI is InChI=1S/C10H8NO/c1-8-5-9(7-11-6-8)10-3-2-4-12-10/h2-7H,1H2. The molecule has 0 saturated carbocycles. The monoisotopic (exact) mass is 158 g/mol. The van der Waals surface area contributed by atoms with Crippen LogP contribution in [0.15, 0.2) is 41.3 Å². The van der Waals surface area contributed by atoms with Crippen molar-refractivity contribution in [2.45, 2.75) is 0 Å². The predicted molar refractivity (Wildman–Crippen MR) is 46.4 cm³/mol. The van der Waals surface area contributed by atoms with Gasteiger partial charge in [-0.1, -0.05) is 0 Å². The first-order valence-corrected chi connectivity index (χ1v) is 3.67. The van der Waals surface area contributed by atoms with Crippen LogP contribution in [0.1, 0.15) is 5.56 Å². The van der Waals surface area contributed by atoms with Gasteiger partial charge in [-0.15, -0.1) is 0 Å². The SMILES string of the molecule is [CH2]c1cncc(-c2ccco2)c1. The number of pyridine rings is 1. The Hall–Kier alpha value is -1.57. The number of rotatable bonds is 1. The molecule has 0 aliphatic rings. The first-order chi connectivity index (χ1) is 5.86. The summed E-state index contributed by atoms with van der Waals surface area (Å²) in [4.78, 5) is 4.02. The van der Waals surface area contributed by atoms with Gasteiger partial charge in [0, 0.05) is 18.0 Å². The van der Waals surface area contributed by atoms with Crippen LogP contribution in [0.5, 0.6) is 0 Å². The van der Waals surface area contributed by atoms with Crippen LogP contribution in [0.3, 0.4) is 0 Å². The smallest absolute Gasteiger partial charge is 0.135 e. The molecular weight excluding hydrogens is 150 g/mol. The highest BCUT2D eigenvalue weighted by Gasteiger charge is 1.99. The van der Waals surface area contributed by atoms with E-state index in [2.05, 4.69) is 11.9 Å². The summed E-state index contributed by atoms with van der Waals surface area (Å²) >= 11 is 0. The zero-order valence-electron chi connectivity index (χ0n) is 6.53. The molecule has 59 valence electrons. The highest BCUT2D eigenvalue weighted by molar-refractivity contribution is 5.56. The quantitative estimate of drug-likeness (QED) is 0.637. The van der Waals surface area contributed by atoms with Crippen molar-refractivity contribution in [2.75, 3.05) is 0 Å². The van der Waals surface area contributed by atoms with Crippen molar-refractivity contribution in [1.29, 1.82) is 0 Å². The minimum absolute atomic E-state index is 0.827. The number of aromatic nitrogens is 1. The maximum absolute atomic E-state index is 5.21. The summed E-state index contributed by atoms with van der Waals surface area (Å²) in [5.41, 5.74) is 1.86. The van der Waals surface area contributed by atoms with E-state index in [4.69, 9.17) is 4.42 Å². The normalized spacial score (nSPS) is 10.1. The maximum atomic E-state index is 5.21. The van der Waals surface area contributed by atoms with Crippen molar-refractivity contribution in [2.24, 2.45) is 0 Å². The van der Waals surface area contributed by atoms with Gasteiger partial charge in [-0.25, -0.2) is 0 Å². The molecule has 0 saturated heterocycles. The minimum Gasteiger partial charge on any atom is -0.464 e. The third-order valence-corrected chi connectivity index (χ3v) is 1.60. The second-order valence-electron chi connectivity index (χ2n) is 2.56. The second-order valence-corrected chi connectivity index (χ2v) is 2.56. The van der Waals surface area contributed by atoms with E-state index in [0.29, 0.717) is 0 Å². The van der Waals surface area contributed by atoms with Gasteiger partial charge in [0.15, 0.2) is 0 Å². The lowest BCUT2D eigenvalue weighted by Crippen LogP contribution is -1.79. The van der Waals surface area contributed by atoms with E-state index >= 15 is 0 Å². The van der Waals surface area contributed by atoms with Crippen molar-refractivity contribution >= 4 is 0 Å². The molecule has 0 spiro atoms. The van der Waals surface area contributed by atoms with E-state index in [1.165, 1.54) is 0 Å². The first kappa shape index (κ1) is 7.10. The summed E-state index contributed by atoms with van der Waals surface area (Å²) in [5, 5.41) is 0. The van der Waals surface area contributed by atoms with Gasteiger partial charge in [-0.05, 0) is 30.7 Å². The van der Waals surface area contributed by atoms with E-state index in [1.807, 2.05) is 18.2 Å². The average molecular weight is 158 g/mol. The Bertz CT molecular complexity index is 365. The molecule has 0 unspecified atom stereocenters. The van der Waals surface area contributed by atoms with Gasteiger partial charge in [0.25, 0.3) is 0 Å². The lowest BCUT2D eigenvalue weighted by atomic mass is 10.2. The Labute approximate surface area is 70.9 Å². The first-order valence-electron chi connectivity index (χ1n) is 3.67. The van der Waals surface area contributed by atoms with Crippen LogP contribution in [-0.2, 0) is 0 Å². The molecule has 0 atom stereocenters. The van der Waals surface area contributed by atoms with Crippen LogP contribution in [0.4, 0.5) is 0 Å². The zero-order chi connectivity index (χ0) is 8.39. The summed E-state index contributed by atoms with van der Waals surface area (Å²) in [7, 11) is 0. The molecule has 1 radical (unpaired) electrons. The summed E-state index contributed by atoms with van der Waals surface area (Å²) in [6, 6.07) is 5.69. The van der Waals surface area contributed by atoms with Crippen LogP contribution in [0.2, 0.25) is 0 Å². The van der Waals surface area contributed by atoms with E-state index in [9.17, 15) is 0 Å². The summed E-state index contributed by atoms with van der Waals surface area (Å²) in [6.07, 6.45) is 5.12. The Morgan fingerprint density at radius 1 is 1.33 bits per heavy atom. The van der Waals surface area contributed by atoms with Crippen LogP contribution in [0.25, 0.3) is 11.3 Å². The molecule has 2 aromatic heterocycles. The lowest BCUT2D eigenvalue weighted by Gasteiger charge is -1.96. The fourth-order valence-electron chi connectivity index (χ4n) is 1.07. The van der Waals surface area contributed by atoms with Gasteiger partial charge in [0.1, 0.15) is 5.76 Å². The fourth-order valence-corrected chi connectivity index (χ4v) is 1.07. The maximum Gasteiger partial charge on any atom is 0.135 e. The van der Waals surface area contributed by atoms with E-state index in [0.717, 1.165) is 16.9 Å². The third kappa shape index (κ3) is 1.23. The van der Waals surface area contributed by atoms with Crippen molar-refractivity contribution < 1.29 is 4.42 Å². The van der Waals surface area contributed by atoms with E-state index in [1.54, 1.807) is 18.7 Å². The highest BCUT2D eigenvalue weighted by Crippen LogP contribution is 2.18. The molecule has 0 amide bonds. The van der Waals surface area contributed by atoms with E-state index < -0.39 is 0 Å². The number of hydrogen-bond acceptors (Lipinski definition) is 2.